The van der Waals surface area contributed by atoms with Crippen LogP contribution in [0.2, 0.25) is 0 Å². The van der Waals surface area contributed by atoms with Gasteiger partial charge in [-0.05, 0) is 56.2 Å². The summed E-state index contributed by atoms with van der Waals surface area (Å²) in [6.45, 7) is 2.96. The maximum atomic E-state index is 13.3. The number of carbonyl (C=O) groups excluding carboxylic acids is 1. The zero-order valence-electron chi connectivity index (χ0n) is 17.9. The van der Waals surface area contributed by atoms with Crippen molar-refractivity contribution in [1.29, 1.82) is 0 Å². The molecule has 1 fully saturated rings. The number of nitrogens with one attached hydrogen (secondary N) is 1. The van der Waals surface area contributed by atoms with Crippen molar-refractivity contribution in [2.24, 2.45) is 0 Å². The number of amides is 1. The number of benzene rings is 2. The fourth-order valence-corrected chi connectivity index (χ4v) is 5.67. The van der Waals surface area contributed by atoms with E-state index in [-0.39, 0.29) is 38.7 Å². The maximum absolute atomic E-state index is 13.3. The molecule has 1 saturated heterocycles. The lowest BCUT2D eigenvalue weighted by atomic mass is 10.2. The van der Waals surface area contributed by atoms with Crippen molar-refractivity contribution >= 4 is 27.5 Å². The summed E-state index contributed by atoms with van der Waals surface area (Å²) in [5.41, 5.74) is 1.34. The first-order valence-corrected chi connectivity index (χ1v) is 12.9. The molecule has 0 aliphatic carbocycles. The molecule has 1 amide bonds. The Morgan fingerprint density at radius 3 is 2.58 bits per heavy atom. The number of hydrogen-bond acceptors (Lipinski definition) is 7. The molecule has 1 aromatic heterocycles. The van der Waals surface area contributed by atoms with Gasteiger partial charge in [0, 0.05) is 18.7 Å². The number of nitrogens with zero attached hydrogens (tertiary/aromatic N) is 1. The van der Waals surface area contributed by atoms with Crippen molar-refractivity contribution in [2.75, 3.05) is 18.9 Å². The van der Waals surface area contributed by atoms with E-state index in [1.54, 1.807) is 12.1 Å². The van der Waals surface area contributed by atoms with Crippen molar-refractivity contribution in [1.82, 2.24) is 10.3 Å². The Morgan fingerprint density at radius 2 is 1.91 bits per heavy atom. The summed E-state index contributed by atoms with van der Waals surface area (Å²) < 4.78 is 51.2. The summed E-state index contributed by atoms with van der Waals surface area (Å²) in [6.07, 6.45) is 1.88. The van der Waals surface area contributed by atoms with E-state index in [9.17, 15) is 17.6 Å². The highest BCUT2D eigenvalue weighted by Gasteiger charge is 2.29. The van der Waals surface area contributed by atoms with Gasteiger partial charge >= 0.3 is 0 Å². The molecule has 7 nitrogen and oxygen atoms in total. The first kappa shape index (κ1) is 23.5. The molecule has 1 N–H and O–H groups in total. The third-order valence-electron chi connectivity index (χ3n) is 5.13. The average molecular weight is 491 g/mol. The van der Waals surface area contributed by atoms with Gasteiger partial charge in [0.25, 0.3) is 0 Å². The number of ether oxygens (including phenoxy) is 1. The van der Waals surface area contributed by atoms with Crippen molar-refractivity contribution in [3.05, 3.63) is 59.9 Å². The Morgan fingerprint density at radius 1 is 1.18 bits per heavy atom. The number of rotatable bonds is 8. The van der Waals surface area contributed by atoms with Crippen LogP contribution < -0.4 is 5.32 Å². The molecule has 1 atom stereocenters. The highest BCUT2D eigenvalue weighted by atomic mass is 32.2. The van der Waals surface area contributed by atoms with E-state index < -0.39 is 15.7 Å². The zero-order valence-corrected chi connectivity index (χ0v) is 19.5. The van der Waals surface area contributed by atoms with Crippen LogP contribution in [-0.4, -0.2) is 44.3 Å². The molecular weight excluding hydrogens is 467 g/mol. The number of halogens is 1. The van der Waals surface area contributed by atoms with Crippen molar-refractivity contribution < 1.29 is 26.8 Å². The fraction of sp³-hybridized carbons (Fsp3) is 0.304. The maximum Gasteiger partial charge on any atom is 0.230 e. The highest BCUT2D eigenvalue weighted by Crippen LogP contribution is 2.35. The number of hydrogen-bond donors (Lipinski definition) is 1. The molecule has 1 aliphatic heterocycles. The van der Waals surface area contributed by atoms with Crippen LogP contribution >= 0.6 is 11.8 Å². The fourth-order valence-electron chi connectivity index (χ4n) is 3.31. The molecule has 0 spiro atoms. The van der Waals surface area contributed by atoms with Gasteiger partial charge in [0.15, 0.2) is 0 Å². The van der Waals surface area contributed by atoms with Gasteiger partial charge in [-0.15, -0.1) is 0 Å². The van der Waals surface area contributed by atoms with Crippen LogP contribution in [0, 0.1) is 12.7 Å². The van der Waals surface area contributed by atoms with Gasteiger partial charge in [0.2, 0.25) is 31.8 Å². The zero-order chi connectivity index (χ0) is 23.4. The predicted octanol–water partition coefficient (Wildman–Crippen LogP) is 4.01. The Hall–Kier alpha value is -2.69. The number of aromatic nitrogens is 1. The molecule has 0 unspecified atom stereocenters. The van der Waals surface area contributed by atoms with Gasteiger partial charge in [-0.3, -0.25) is 4.79 Å². The number of sulfone groups is 1. The molecule has 10 heteroatoms. The van der Waals surface area contributed by atoms with Crippen LogP contribution in [0.25, 0.3) is 11.5 Å². The van der Waals surface area contributed by atoms with Crippen LogP contribution in [0.4, 0.5) is 4.39 Å². The second-order valence-corrected chi connectivity index (χ2v) is 10.5. The standard InChI is InChI=1S/C23H23FN2O5S2/c1-15-4-10-19(11-5-15)33(28,29)22-23(31-21(26-22)16-6-8-17(24)9-7-16)32-14-20(27)25-13-18-3-2-12-30-18/h4-11,18H,2-3,12-14H2,1H3,(H,25,27)/t18-/m0/s1. The number of aryl methyl sites for hydroxylation is 1. The molecule has 174 valence electrons. The third-order valence-corrected chi connectivity index (χ3v) is 7.88. The molecule has 33 heavy (non-hydrogen) atoms. The topological polar surface area (TPSA) is 98.5 Å². The summed E-state index contributed by atoms with van der Waals surface area (Å²) in [7, 11) is -4.01. The van der Waals surface area contributed by atoms with Gasteiger partial charge in [-0.2, -0.15) is 4.98 Å². The lowest BCUT2D eigenvalue weighted by Crippen LogP contribution is -2.32. The quantitative estimate of drug-likeness (QED) is 0.477. The summed E-state index contributed by atoms with van der Waals surface area (Å²) in [4.78, 5) is 16.6. The largest absolute Gasteiger partial charge is 0.428 e. The van der Waals surface area contributed by atoms with Crippen LogP contribution in [0.3, 0.4) is 0 Å². The van der Waals surface area contributed by atoms with Gasteiger partial charge in [0.1, 0.15) is 5.82 Å². The first-order valence-electron chi connectivity index (χ1n) is 10.4. The highest BCUT2D eigenvalue weighted by molar-refractivity contribution is 8.00. The normalized spacial score (nSPS) is 16.1. The minimum Gasteiger partial charge on any atom is -0.428 e. The van der Waals surface area contributed by atoms with E-state index in [0.717, 1.165) is 30.2 Å². The molecule has 0 radical (unpaired) electrons. The predicted molar refractivity (Wildman–Crippen MR) is 121 cm³/mol. The second-order valence-electron chi connectivity index (χ2n) is 7.66. The van der Waals surface area contributed by atoms with Crippen molar-refractivity contribution in [3.8, 4) is 11.5 Å². The minimum atomic E-state index is -4.01. The summed E-state index contributed by atoms with van der Waals surface area (Å²) >= 11 is 0.946. The van der Waals surface area contributed by atoms with Gasteiger partial charge in [0.05, 0.1) is 16.8 Å². The minimum absolute atomic E-state index is 0.00201. The molecule has 1 aliphatic rings. The average Bonchev–Trinajstić information content (AvgIpc) is 3.47. The summed E-state index contributed by atoms with van der Waals surface area (Å²) in [6, 6.07) is 11.8. The van der Waals surface area contributed by atoms with Gasteiger partial charge in [-0.25, -0.2) is 12.8 Å². The third kappa shape index (κ3) is 5.63. The van der Waals surface area contributed by atoms with Gasteiger partial charge in [-0.1, -0.05) is 29.5 Å². The Labute approximate surface area is 195 Å². The van der Waals surface area contributed by atoms with Crippen LogP contribution in [0.15, 0.2) is 68.0 Å². The number of oxazole rings is 1. The van der Waals surface area contributed by atoms with Crippen LogP contribution in [0.5, 0.6) is 0 Å². The number of carbonyl (C=O) groups is 1. The molecule has 2 heterocycles. The van der Waals surface area contributed by atoms with Crippen molar-refractivity contribution in [3.63, 3.8) is 0 Å². The lowest BCUT2D eigenvalue weighted by Gasteiger charge is -2.10. The lowest BCUT2D eigenvalue weighted by molar-refractivity contribution is -0.119. The summed E-state index contributed by atoms with van der Waals surface area (Å²) in [5.74, 6) is -0.728. The molecule has 2 aromatic carbocycles. The molecular formula is C23H23FN2O5S2. The van der Waals surface area contributed by atoms with E-state index in [4.69, 9.17) is 9.15 Å². The SMILES string of the molecule is Cc1ccc(S(=O)(=O)c2nc(-c3ccc(F)cc3)oc2SCC(=O)NC[C@@H]2CCCO2)cc1. The molecule has 0 saturated carbocycles. The Kier molecular flexibility index (Phi) is 7.16. The molecule has 3 aromatic rings. The van der Waals surface area contributed by atoms with E-state index in [2.05, 4.69) is 10.3 Å². The molecule has 4 rings (SSSR count). The smallest absolute Gasteiger partial charge is 0.230 e. The Bertz CT molecular complexity index is 1220. The van der Waals surface area contributed by atoms with Crippen LogP contribution in [0.1, 0.15) is 18.4 Å². The Balaban J connectivity index is 1.59. The number of thioether (sulfide) groups is 1. The first-order chi connectivity index (χ1) is 15.8. The summed E-state index contributed by atoms with van der Waals surface area (Å²) in [5, 5.41) is 2.52. The van der Waals surface area contributed by atoms with E-state index in [1.165, 1.54) is 36.4 Å². The molecule has 0 bridgehead atoms. The van der Waals surface area contributed by atoms with E-state index in [0.29, 0.717) is 18.7 Å². The van der Waals surface area contributed by atoms with Crippen molar-refractivity contribution in [2.45, 2.75) is 40.9 Å². The monoisotopic (exact) mass is 490 g/mol. The van der Waals surface area contributed by atoms with Crippen LogP contribution in [-0.2, 0) is 19.4 Å². The van der Waals surface area contributed by atoms with Gasteiger partial charge < -0.3 is 14.5 Å². The van der Waals surface area contributed by atoms with E-state index in [1.807, 2.05) is 6.92 Å². The van der Waals surface area contributed by atoms with E-state index >= 15 is 0 Å². The second kappa shape index (κ2) is 10.1.